The van der Waals surface area contributed by atoms with Crippen LogP contribution in [0.3, 0.4) is 0 Å². The van der Waals surface area contributed by atoms with Crippen LogP contribution in [0.5, 0.6) is 0 Å². The Kier molecular flexibility index (Phi) is 4.85. The molecular weight excluding hydrogens is 274 g/mol. The summed E-state index contributed by atoms with van der Waals surface area (Å²) >= 11 is 0. The lowest BCUT2D eigenvalue weighted by atomic mass is 9.73. The standard InChI is InChI=1S/C15H19NO5/c1-10(17)14(3,16-11(2)18)15(20,13(19)21-4)12-8-6-5-7-9-12/h5-9,20H,1-4H3,(H,16,18)/t14-,15-/m0/s1. The van der Waals surface area contributed by atoms with Crippen LogP contribution in [-0.4, -0.2) is 35.4 Å². The first kappa shape index (κ1) is 16.8. The van der Waals surface area contributed by atoms with Gasteiger partial charge in [0, 0.05) is 6.92 Å². The van der Waals surface area contributed by atoms with Gasteiger partial charge in [-0.15, -0.1) is 0 Å². The van der Waals surface area contributed by atoms with Crippen LogP contribution in [0.4, 0.5) is 0 Å². The van der Waals surface area contributed by atoms with Crippen molar-refractivity contribution in [1.82, 2.24) is 5.32 Å². The Labute approximate surface area is 123 Å². The summed E-state index contributed by atoms with van der Waals surface area (Å²) in [4.78, 5) is 35.7. The molecule has 0 aliphatic heterocycles. The van der Waals surface area contributed by atoms with Gasteiger partial charge in [-0.3, -0.25) is 9.59 Å². The first-order chi connectivity index (χ1) is 9.70. The summed E-state index contributed by atoms with van der Waals surface area (Å²) < 4.78 is 4.66. The molecule has 0 saturated heterocycles. The predicted molar refractivity (Wildman–Crippen MR) is 75.3 cm³/mol. The fourth-order valence-corrected chi connectivity index (χ4v) is 2.22. The highest BCUT2D eigenvalue weighted by molar-refractivity contribution is 5.99. The molecule has 6 nitrogen and oxygen atoms in total. The quantitative estimate of drug-likeness (QED) is 0.773. The van der Waals surface area contributed by atoms with Crippen LogP contribution in [0, 0.1) is 0 Å². The number of carbonyl (C=O) groups excluding carboxylic acids is 3. The van der Waals surface area contributed by atoms with Gasteiger partial charge >= 0.3 is 5.97 Å². The van der Waals surface area contributed by atoms with Crippen molar-refractivity contribution in [1.29, 1.82) is 0 Å². The highest BCUT2D eigenvalue weighted by Gasteiger charge is 2.58. The fourth-order valence-electron chi connectivity index (χ4n) is 2.22. The minimum atomic E-state index is -2.33. The van der Waals surface area contributed by atoms with E-state index in [0.717, 1.165) is 7.11 Å². The number of hydrogen-bond donors (Lipinski definition) is 2. The summed E-state index contributed by atoms with van der Waals surface area (Å²) in [7, 11) is 1.10. The monoisotopic (exact) mass is 293 g/mol. The van der Waals surface area contributed by atoms with Crippen LogP contribution in [-0.2, 0) is 24.7 Å². The summed E-state index contributed by atoms with van der Waals surface area (Å²) in [5.41, 5.74) is -4.03. The molecular formula is C15H19NO5. The van der Waals surface area contributed by atoms with Gasteiger partial charge in [0.1, 0.15) is 5.54 Å². The number of methoxy groups -OCH3 is 1. The lowest BCUT2D eigenvalue weighted by Crippen LogP contribution is -2.67. The smallest absolute Gasteiger partial charge is 0.345 e. The number of esters is 1. The number of ether oxygens (including phenoxy) is 1. The van der Waals surface area contributed by atoms with E-state index >= 15 is 0 Å². The predicted octanol–water partition coefficient (Wildman–Crippen LogP) is 0.531. The van der Waals surface area contributed by atoms with Crippen LogP contribution < -0.4 is 5.32 Å². The van der Waals surface area contributed by atoms with Crippen LogP contribution in [0.2, 0.25) is 0 Å². The van der Waals surface area contributed by atoms with Gasteiger partial charge < -0.3 is 15.2 Å². The molecule has 0 spiro atoms. The molecule has 1 amide bonds. The van der Waals surface area contributed by atoms with Crippen molar-refractivity contribution < 1.29 is 24.2 Å². The molecule has 0 aliphatic carbocycles. The van der Waals surface area contributed by atoms with Crippen LogP contribution >= 0.6 is 0 Å². The average molecular weight is 293 g/mol. The van der Waals surface area contributed by atoms with Gasteiger partial charge in [-0.25, -0.2) is 4.79 Å². The van der Waals surface area contributed by atoms with Gasteiger partial charge in [-0.2, -0.15) is 0 Å². The van der Waals surface area contributed by atoms with Gasteiger partial charge in [-0.1, -0.05) is 30.3 Å². The molecule has 6 heteroatoms. The summed E-state index contributed by atoms with van der Waals surface area (Å²) in [6.07, 6.45) is 0. The number of carbonyl (C=O) groups is 3. The zero-order chi connectivity index (χ0) is 16.3. The van der Waals surface area contributed by atoms with Crippen LogP contribution in [0.1, 0.15) is 26.3 Å². The van der Waals surface area contributed by atoms with E-state index in [0.29, 0.717) is 0 Å². The first-order valence-electron chi connectivity index (χ1n) is 6.36. The molecule has 0 aromatic heterocycles. The first-order valence-corrected chi connectivity index (χ1v) is 6.36. The molecule has 0 aliphatic rings. The Balaban J connectivity index is 3.59. The summed E-state index contributed by atoms with van der Waals surface area (Å²) in [6.45, 7) is 3.68. The van der Waals surface area contributed by atoms with E-state index in [2.05, 4.69) is 10.1 Å². The second kappa shape index (κ2) is 6.05. The number of hydrogen-bond acceptors (Lipinski definition) is 5. The Morgan fingerprint density at radius 1 is 1.14 bits per heavy atom. The van der Waals surface area contributed by atoms with Crippen LogP contribution in [0.15, 0.2) is 30.3 Å². The molecule has 114 valence electrons. The molecule has 2 N–H and O–H groups in total. The molecule has 1 aromatic rings. The zero-order valence-electron chi connectivity index (χ0n) is 12.5. The molecule has 0 fully saturated rings. The molecule has 1 rings (SSSR count). The second-order valence-electron chi connectivity index (χ2n) is 4.93. The summed E-state index contributed by atoms with van der Waals surface area (Å²) in [5, 5.41) is 13.4. The molecule has 0 bridgehead atoms. The third-order valence-electron chi connectivity index (χ3n) is 3.53. The molecule has 2 atom stereocenters. The number of Topliss-reactive ketones (excluding diaryl/α,β-unsaturated/α-hetero) is 1. The van der Waals surface area contributed by atoms with Crippen molar-refractivity contribution in [3.63, 3.8) is 0 Å². The van der Waals surface area contributed by atoms with E-state index in [1.54, 1.807) is 18.2 Å². The summed E-state index contributed by atoms with van der Waals surface area (Å²) in [5.74, 6) is -2.15. The van der Waals surface area contributed by atoms with E-state index in [1.807, 2.05) is 0 Å². The Bertz CT molecular complexity index is 556. The van der Waals surface area contributed by atoms with Crippen molar-refractivity contribution in [3.8, 4) is 0 Å². The van der Waals surface area contributed by atoms with Crippen molar-refractivity contribution in [2.75, 3.05) is 7.11 Å². The lowest BCUT2D eigenvalue weighted by Gasteiger charge is -2.41. The van der Waals surface area contributed by atoms with Crippen molar-refractivity contribution in [3.05, 3.63) is 35.9 Å². The SMILES string of the molecule is COC(=O)[C@@](O)(c1ccccc1)[C@@](C)(NC(C)=O)C(C)=O. The van der Waals surface area contributed by atoms with E-state index in [1.165, 1.54) is 32.9 Å². The molecule has 0 unspecified atom stereocenters. The average Bonchev–Trinajstić information content (AvgIpc) is 2.45. The minimum absolute atomic E-state index is 0.156. The van der Waals surface area contributed by atoms with Gasteiger partial charge in [0.05, 0.1) is 7.11 Å². The number of amides is 1. The Hall–Kier alpha value is -2.21. The van der Waals surface area contributed by atoms with Gasteiger partial charge in [0.25, 0.3) is 0 Å². The fraction of sp³-hybridized carbons (Fsp3) is 0.400. The maximum atomic E-state index is 12.2. The lowest BCUT2D eigenvalue weighted by molar-refractivity contribution is -0.177. The maximum absolute atomic E-state index is 12.2. The topological polar surface area (TPSA) is 92.7 Å². The van der Waals surface area contributed by atoms with Crippen LogP contribution in [0.25, 0.3) is 0 Å². The number of rotatable bonds is 5. The Morgan fingerprint density at radius 3 is 2.05 bits per heavy atom. The highest BCUT2D eigenvalue weighted by Crippen LogP contribution is 2.35. The third kappa shape index (κ3) is 2.80. The third-order valence-corrected chi connectivity index (χ3v) is 3.53. The van der Waals surface area contributed by atoms with E-state index in [9.17, 15) is 19.5 Å². The number of nitrogens with one attached hydrogen (secondary N) is 1. The normalized spacial score (nSPS) is 16.2. The Morgan fingerprint density at radius 2 is 1.67 bits per heavy atom. The number of aliphatic hydroxyl groups is 1. The van der Waals surface area contributed by atoms with Gasteiger partial charge in [0.2, 0.25) is 11.5 Å². The summed E-state index contributed by atoms with van der Waals surface area (Å²) in [6, 6.07) is 7.89. The molecule has 0 saturated carbocycles. The molecule has 1 aromatic carbocycles. The van der Waals surface area contributed by atoms with E-state index < -0.39 is 28.8 Å². The zero-order valence-corrected chi connectivity index (χ0v) is 12.5. The largest absolute Gasteiger partial charge is 0.467 e. The van der Waals surface area contributed by atoms with Gasteiger partial charge in [0.15, 0.2) is 5.78 Å². The molecule has 0 radical (unpaired) electrons. The maximum Gasteiger partial charge on any atom is 0.345 e. The van der Waals surface area contributed by atoms with Crippen molar-refractivity contribution in [2.45, 2.75) is 31.9 Å². The van der Waals surface area contributed by atoms with Crippen molar-refractivity contribution in [2.24, 2.45) is 0 Å². The van der Waals surface area contributed by atoms with Gasteiger partial charge in [-0.05, 0) is 19.4 Å². The number of benzene rings is 1. The second-order valence-corrected chi connectivity index (χ2v) is 4.93. The van der Waals surface area contributed by atoms with Crippen molar-refractivity contribution >= 4 is 17.7 Å². The molecule has 0 heterocycles. The van der Waals surface area contributed by atoms with E-state index in [4.69, 9.17) is 0 Å². The van der Waals surface area contributed by atoms with E-state index in [-0.39, 0.29) is 5.56 Å². The number of ketones is 1. The molecule has 21 heavy (non-hydrogen) atoms. The highest BCUT2D eigenvalue weighted by atomic mass is 16.5. The minimum Gasteiger partial charge on any atom is -0.467 e.